The third-order valence-corrected chi connectivity index (χ3v) is 3.90. The SMILES string of the molecule is O=C1OC(c2ccco2)=N/C1=C\c1ccccc1OCc1ccccc1F. The molecular formula is C21H14FNO4. The Hall–Kier alpha value is -3.67. The summed E-state index contributed by atoms with van der Waals surface area (Å²) in [7, 11) is 0. The smallest absolute Gasteiger partial charge is 0.363 e. The van der Waals surface area contributed by atoms with Crippen LogP contribution in [-0.4, -0.2) is 11.9 Å². The molecule has 0 atom stereocenters. The summed E-state index contributed by atoms with van der Waals surface area (Å²) < 4.78 is 29.8. The first-order valence-corrected chi connectivity index (χ1v) is 8.22. The largest absolute Gasteiger partial charge is 0.488 e. The molecule has 2 aromatic carbocycles. The van der Waals surface area contributed by atoms with Crippen molar-refractivity contribution in [1.82, 2.24) is 0 Å². The molecule has 0 N–H and O–H groups in total. The normalized spacial score (nSPS) is 14.9. The number of para-hydroxylation sites is 1. The maximum Gasteiger partial charge on any atom is 0.363 e. The molecule has 0 radical (unpaired) electrons. The molecule has 0 saturated carbocycles. The molecule has 27 heavy (non-hydrogen) atoms. The van der Waals surface area contributed by atoms with Crippen LogP contribution in [0.1, 0.15) is 16.9 Å². The highest BCUT2D eigenvalue weighted by Gasteiger charge is 2.26. The zero-order valence-corrected chi connectivity index (χ0v) is 14.1. The molecule has 0 fully saturated rings. The molecule has 1 aliphatic rings. The Kier molecular flexibility index (Phi) is 4.53. The Morgan fingerprint density at radius 2 is 1.85 bits per heavy atom. The minimum Gasteiger partial charge on any atom is -0.488 e. The summed E-state index contributed by atoms with van der Waals surface area (Å²) in [6.07, 6.45) is 3.04. The van der Waals surface area contributed by atoms with Crippen LogP contribution in [0.3, 0.4) is 0 Å². The Morgan fingerprint density at radius 1 is 1.04 bits per heavy atom. The highest BCUT2D eigenvalue weighted by Crippen LogP contribution is 2.25. The van der Waals surface area contributed by atoms with Crippen molar-refractivity contribution < 1.29 is 23.1 Å². The molecule has 0 spiro atoms. The number of rotatable bonds is 5. The summed E-state index contributed by atoms with van der Waals surface area (Å²) in [6.45, 7) is 0.0677. The quantitative estimate of drug-likeness (QED) is 0.500. The van der Waals surface area contributed by atoms with E-state index in [9.17, 15) is 9.18 Å². The fourth-order valence-corrected chi connectivity index (χ4v) is 2.56. The third-order valence-electron chi connectivity index (χ3n) is 3.90. The minimum absolute atomic E-state index is 0.0677. The summed E-state index contributed by atoms with van der Waals surface area (Å²) in [5.41, 5.74) is 1.20. The van der Waals surface area contributed by atoms with Crippen LogP contribution in [0.2, 0.25) is 0 Å². The number of furan rings is 1. The van der Waals surface area contributed by atoms with Gasteiger partial charge in [-0.2, -0.15) is 0 Å². The van der Waals surface area contributed by atoms with Gasteiger partial charge in [0.2, 0.25) is 0 Å². The fourth-order valence-electron chi connectivity index (χ4n) is 2.56. The van der Waals surface area contributed by atoms with E-state index < -0.39 is 5.97 Å². The molecule has 0 unspecified atom stereocenters. The first kappa shape index (κ1) is 16.8. The number of cyclic esters (lactones) is 1. The van der Waals surface area contributed by atoms with Gasteiger partial charge in [-0.25, -0.2) is 14.2 Å². The number of ether oxygens (including phenoxy) is 2. The number of hydrogen-bond acceptors (Lipinski definition) is 5. The van der Waals surface area contributed by atoms with Crippen LogP contribution in [0, 0.1) is 5.82 Å². The molecule has 1 aromatic heterocycles. The molecule has 5 nitrogen and oxygen atoms in total. The molecule has 0 aliphatic carbocycles. The minimum atomic E-state index is -0.578. The molecule has 0 amide bonds. The molecular weight excluding hydrogens is 349 g/mol. The van der Waals surface area contributed by atoms with E-state index in [1.54, 1.807) is 60.7 Å². The number of carbonyl (C=O) groups excluding carboxylic acids is 1. The van der Waals surface area contributed by atoms with Gasteiger partial charge in [0.05, 0.1) is 6.26 Å². The Bertz CT molecular complexity index is 1040. The Balaban J connectivity index is 1.59. The van der Waals surface area contributed by atoms with Gasteiger partial charge in [0.1, 0.15) is 18.2 Å². The van der Waals surface area contributed by atoms with E-state index >= 15 is 0 Å². The van der Waals surface area contributed by atoms with Gasteiger partial charge < -0.3 is 13.9 Å². The molecule has 3 aromatic rings. The van der Waals surface area contributed by atoms with Crippen LogP contribution in [0.25, 0.3) is 6.08 Å². The van der Waals surface area contributed by atoms with Crippen molar-refractivity contribution in [3.8, 4) is 5.75 Å². The number of nitrogens with zero attached hydrogens (tertiary/aromatic N) is 1. The topological polar surface area (TPSA) is 61.0 Å². The van der Waals surface area contributed by atoms with Crippen molar-refractivity contribution in [2.24, 2.45) is 4.99 Å². The summed E-state index contributed by atoms with van der Waals surface area (Å²) in [4.78, 5) is 16.3. The van der Waals surface area contributed by atoms with Crippen molar-refractivity contribution >= 4 is 17.9 Å². The number of carbonyl (C=O) groups is 1. The van der Waals surface area contributed by atoms with Crippen LogP contribution in [0.15, 0.2) is 82.0 Å². The van der Waals surface area contributed by atoms with Gasteiger partial charge in [-0.15, -0.1) is 0 Å². The van der Waals surface area contributed by atoms with Gasteiger partial charge in [-0.05, 0) is 30.3 Å². The van der Waals surface area contributed by atoms with Gasteiger partial charge in [0, 0.05) is 11.1 Å². The second-order valence-electron chi connectivity index (χ2n) is 5.73. The highest BCUT2D eigenvalue weighted by atomic mass is 19.1. The standard InChI is InChI=1S/C21H14FNO4/c22-16-8-3-1-7-15(16)13-26-18-9-4-2-6-14(18)12-17-21(24)27-20(23-17)19-10-5-11-25-19/h1-12H,13H2/b17-12-. The summed E-state index contributed by atoms with van der Waals surface area (Å²) in [5, 5.41) is 0. The van der Waals surface area contributed by atoms with Crippen LogP contribution in [0.4, 0.5) is 4.39 Å². The van der Waals surface area contributed by atoms with Gasteiger partial charge in [-0.3, -0.25) is 0 Å². The third kappa shape index (κ3) is 3.64. The van der Waals surface area contributed by atoms with Crippen LogP contribution in [0.5, 0.6) is 5.75 Å². The van der Waals surface area contributed by atoms with E-state index in [-0.39, 0.29) is 24.0 Å². The van der Waals surface area contributed by atoms with Gasteiger partial charge in [0.25, 0.3) is 5.90 Å². The predicted molar refractivity (Wildman–Crippen MR) is 96.5 cm³/mol. The number of benzene rings is 2. The number of aliphatic imine (C=N–C) groups is 1. The molecule has 2 heterocycles. The van der Waals surface area contributed by atoms with Crippen LogP contribution >= 0.6 is 0 Å². The van der Waals surface area contributed by atoms with E-state index in [2.05, 4.69) is 4.99 Å². The molecule has 4 rings (SSSR count). The van der Waals surface area contributed by atoms with Crippen LogP contribution in [-0.2, 0) is 16.1 Å². The van der Waals surface area contributed by atoms with E-state index in [0.29, 0.717) is 22.6 Å². The summed E-state index contributed by atoms with van der Waals surface area (Å²) in [5.74, 6) is 0.0743. The Labute approximate surface area is 154 Å². The first-order chi connectivity index (χ1) is 13.2. The maximum atomic E-state index is 13.8. The van der Waals surface area contributed by atoms with Crippen molar-refractivity contribution in [2.75, 3.05) is 0 Å². The maximum absolute atomic E-state index is 13.8. The average molecular weight is 363 g/mol. The predicted octanol–water partition coefficient (Wildman–Crippen LogP) is 4.34. The fraction of sp³-hybridized carbons (Fsp3) is 0.0476. The summed E-state index contributed by atoms with van der Waals surface area (Å²) >= 11 is 0. The van der Waals surface area contributed by atoms with E-state index in [0.717, 1.165) is 0 Å². The summed E-state index contributed by atoms with van der Waals surface area (Å²) in [6, 6.07) is 16.9. The molecule has 0 bridgehead atoms. The zero-order chi connectivity index (χ0) is 18.6. The van der Waals surface area contributed by atoms with Crippen molar-refractivity contribution in [2.45, 2.75) is 6.61 Å². The van der Waals surface area contributed by atoms with Gasteiger partial charge >= 0.3 is 5.97 Å². The first-order valence-electron chi connectivity index (χ1n) is 8.22. The van der Waals surface area contributed by atoms with Crippen molar-refractivity contribution in [3.05, 3.63) is 95.3 Å². The lowest BCUT2D eigenvalue weighted by Gasteiger charge is -2.10. The van der Waals surface area contributed by atoms with Crippen molar-refractivity contribution in [3.63, 3.8) is 0 Å². The number of hydrogen-bond donors (Lipinski definition) is 0. The molecule has 0 saturated heterocycles. The van der Waals surface area contributed by atoms with Gasteiger partial charge in [-0.1, -0.05) is 36.4 Å². The van der Waals surface area contributed by atoms with E-state index in [1.165, 1.54) is 12.3 Å². The number of esters is 1. The second kappa shape index (κ2) is 7.29. The highest BCUT2D eigenvalue weighted by molar-refractivity contribution is 6.11. The lowest BCUT2D eigenvalue weighted by Crippen LogP contribution is -2.04. The molecule has 1 aliphatic heterocycles. The molecule has 134 valence electrons. The Morgan fingerprint density at radius 3 is 2.67 bits per heavy atom. The number of halogens is 1. The van der Waals surface area contributed by atoms with E-state index in [1.807, 2.05) is 0 Å². The van der Waals surface area contributed by atoms with Crippen molar-refractivity contribution in [1.29, 1.82) is 0 Å². The monoisotopic (exact) mass is 363 g/mol. The molecule has 6 heteroatoms. The second-order valence-corrected chi connectivity index (χ2v) is 5.73. The van der Waals surface area contributed by atoms with Crippen LogP contribution < -0.4 is 4.74 Å². The van der Waals surface area contributed by atoms with Gasteiger partial charge in [0.15, 0.2) is 11.5 Å². The zero-order valence-electron chi connectivity index (χ0n) is 14.1. The van der Waals surface area contributed by atoms with E-state index in [4.69, 9.17) is 13.9 Å². The lowest BCUT2D eigenvalue weighted by molar-refractivity contribution is -0.130. The average Bonchev–Trinajstić information content (AvgIpc) is 3.33. The lowest BCUT2D eigenvalue weighted by atomic mass is 10.1.